The van der Waals surface area contributed by atoms with E-state index in [1.165, 1.54) is 0 Å². The maximum atomic E-state index is 12.3. The van der Waals surface area contributed by atoms with Crippen LogP contribution in [0.1, 0.15) is 33.7 Å². The molecule has 1 aromatic heterocycles. The van der Waals surface area contributed by atoms with Gasteiger partial charge < -0.3 is 14.6 Å². The number of carbonyl (C=O) groups is 1. The van der Waals surface area contributed by atoms with Crippen molar-refractivity contribution in [2.45, 2.75) is 33.2 Å². The Morgan fingerprint density at radius 2 is 1.72 bits per heavy atom. The van der Waals surface area contributed by atoms with Crippen LogP contribution in [-0.2, 0) is 13.0 Å². The van der Waals surface area contributed by atoms with Crippen LogP contribution in [0.4, 0.5) is 0 Å². The van der Waals surface area contributed by atoms with E-state index in [0.717, 1.165) is 53.1 Å². The second-order valence-corrected chi connectivity index (χ2v) is 8.01. The Morgan fingerprint density at radius 1 is 0.969 bits per heavy atom. The highest BCUT2D eigenvalue weighted by atomic mass is 16.5. The van der Waals surface area contributed by atoms with Gasteiger partial charge in [0, 0.05) is 18.5 Å². The van der Waals surface area contributed by atoms with Crippen LogP contribution in [0.3, 0.4) is 0 Å². The molecule has 0 radical (unpaired) electrons. The van der Waals surface area contributed by atoms with E-state index in [0.29, 0.717) is 18.7 Å². The lowest BCUT2D eigenvalue weighted by Gasteiger charge is -2.12. The fourth-order valence-electron chi connectivity index (χ4n) is 3.79. The molecular weight excluding hydrogens is 398 g/mol. The molecule has 164 valence electrons. The van der Waals surface area contributed by atoms with E-state index in [9.17, 15) is 4.79 Å². The van der Waals surface area contributed by atoms with Gasteiger partial charge in [0.15, 0.2) is 0 Å². The van der Waals surface area contributed by atoms with Gasteiger partial charge in [-0.05, 0) is 56.2 Å². The molecule has 1 amide bonds. The summed E-state index contributed by atoms with van der Waals surface area (Å²) in [6.07, 6.45) is 1.60. The van der Waals surface area contributed by atoms with Crippen molar-refractivity contribution in [3.63, 3.8) is 0 Å². The molecular formula is C27H29N3O2. The Hall–Kier alpha value is -3.60. The minimum atomic E-state index is -0.0369. The summed E-state index contributed by atoms with van der Waals surface area (Å²) in [7, 11) is 0. The molecule has 0 fully saturated rings. The van der Waals surface area contributed by atoms with Gasteiger partial charge in [-0.1, -0.05) is 48.0 Å². The van der Waals surface area contributed by atoms with Crippen molar-refractivity contribution < 1.29 is 9.53 Å². The lowest BCUT2D eigenvalue weighted by molar-refractivity contribution is 0.0953. The average Bonchev–Trinajstić information content (AvgIpc) is 3.16. The van der Waals surface area contributed by atoms with Crippen molar-refractivity contribution in [3.05, 3.63) is 95.3 Å². The van der Waals surface area contributed by atoms with Crippen molar-refractivity contribution in [1.29, 1.82) is 0 Å². The fraction of sp³-hybridized carbons (Fsp3) is 0.259. The molecule has 0 spiro atoms. The number of aryl methyl sites for hydroxylation is 3. The van der Waals surface area contributed by atoms with Crippen molar-refractivity contribution in [2.24, 2.45) is 0 Å². The first-order valence-electron chi connectivity index (χ1n) is 11.1. The number of aromatic nitrogens is 2. The van der Waals surface area contributed by atoms with E-state index in [1.807, 2.05) is 67.6 Å². The predicted molar refractivity (Wildman–Crippen MR) is 128 cm³/mol. The third kappa shape index (κ3) is 5.17. The maximum absolute atomic E-state index is 12.3. The molecule has 4 rings (SSSR count). The van der Waals surface area contributed by atoms with Gasteiger partial charge in [-0.3, -0.25) is 4.79 Å². The molecule has 32 heavy (non-hydrogen) atoms. The lowest BCUT2D eigenvalue weighted by atomic mass is 10.1. The molecule has 0 saturated heterocycles. The molecule has 4 aromatic rings. The van der Waals surface area contributed by atoms with Crippen LogP contribution in [0.5, 0.6) is 5.75 Å². The Morgan fingerprint density at radius 3 is 2.53 bits per heavy atom. The minimum Gasteiger partial charge on any atom is -0.491 e. The second kappa shape index (κ2) is 10.1. The second-order valence-electron chi connectivity index (χ2n) is 8.01. The summed E-state index contributed by atoms with van der Waals surface area (Å²) < 4.78 is 8.25. The Bertz CT molecular complexity index is 1200. The zero-order valence-electron chi connectivity index (χ0n) is 18.7. The van der Waals surface area contributed by atoms with Crippen LogP contribution in [-0.4, -0.2) is 28.6 Å². The number of benzene rings is 3. The number of rotatable bonds is 9. The normalized spacial score (nSPS) is 10.9. The highest BCUT2D eigenvalue weighted by Crippen LogP contribution is 2.19. The van der Waals surface area contributed by atoms with Crippen molar-refractivity contribution in [3.8, 4) is 5.75 Å². The fourth-order valence-corrected chi connectivity index (χ4v) is 3.79. The molecule has 1 heterocycles. The summed E-state index contributed by atoms with van der Waals surface area (Å²) in [6.45, 7) is 5.97. The maximum Gasteiger partial charge on any atom is 0.251 e. The number of carbonyl (C=O) groups excluding carboxylic acids is 1. The standard InChI is InChI=1S/C27H29N3O2/c1-20-13-15-22(16-14-20)27(31)28-17-7-12-26-29-23-9-4-5-10-24(23)30(26)18-19-32-25-11-6-3-8-21(25)2/h3-6,8-11,13-16H,7,12,17-19H2,1-2H3,(H,28,31). The van der Waals surface area contributed by atoms with Crippen molar-refractivity contribution in [1.82, 2.24) is 14.9 Å². The lowest BCUT2D eigenvalue weighted by Crippen LogP contribution is -2.25. The molecule has 0 atom stereocenters. The quantitative estimate of drug-likeness (QED) is 0.378. The summed E-state index contributed by atoms with van der Waals surface area (Å²) in [6, 6.07) is 23.9. The monoisotopic (exact) mass is 427 g/mol. The van der Waals surface area contributed by atoms with Crippen LogP contribution < -0.4 is 10.1 Å². The first kappa shape index (κ1) is 21.6. The highest BCUT2D eigenvalue weighted by Gasteiger charge is 2.11. The number of imidazole rings is 1. The Kier molecular flexibility index (Phi) is 6.85. The minimum absolute atomic E-state index is 0.0369. The molecule has 0 unspecified atom stereocenters. The van der Waals surface area contributed by atoms with Gasteiger partial charge >= 0.3 is 0 Å². The van der Waals surface area contributed by atoms with Gasteiger partial charge in [0.1, 0.15) is 18.2 Å². The number of fused-ring (bicyclic) bond motifs is 1. The third-order valence-electron chi connectivity index (χ3n) is 5.58. The first-order valence-corrected chi connectivity index (χ1v) is 11.1. The van der Waals surface area contributed by atoms with Gasteiger partial charge in [0.25, 0.3) is 5.91 Å². The summed E-state index contributed by atoms with van der Waals surface area (Å²) in [5, 5.41) is 3.01. The number of ether oxygens (including phenoxy) is 1. The Balaban J connectivity index is 1.37. The van der Waals surface area contributed by atoms with Gasteiger partial charge in [-0.25, -0.2) is 4.98 Å². The van der Waals surface area contributed by atoms with Crippen LogP contribution in [0.2, 0.25) is 0 Å². The number of hydrogen-bond acceptors (Lipinski definition) is 3. The molecule has 0 aliphatic rings. The molecule has 1 N–H and O–H groups in total. The summed E-state index contributed by atoms with van der Waals surface area (Å²) in [5.74, 6) is 1.89. The SMILES string of the molecule is Cc1ccc(C(=O)NCCCc2nc3ccccc3n2CCOc2ccccc2C)cc1. The van der Waals surface area contributed by atoms with E-state index in [1.54, 1.807) is 0 Å². The molecule has 5 nitrogen and oxygen atoms in total. The zero-order valence-corrected chi connectivity index (χ0v) is 18.7. The van der Waals surface area contributed by atoms with E-state index in [2.05, 4.69) is 28.9 Å². The van der Waals surface area contributed by atoms with Crippen molar-refractivity contribution in [2.75, 3.05) is 13.2 Å². The number of nitrogens with one attached hydrogen (secondary N) is 1. The van der Waals surface area contributed by atoms with Gasteiger partial charge in [-0.15, -0.1) is 0 Å². The topological polar surface area (TPSA) is 56.2 Å². The number of hydrogen-bond donors (Lipinski definition) is 1. The van der Waals surface area contributed by atoms with E-state index in [4.69, 9.17) is 9.72 Å². The van der Waals surface area contributed by atoms with Gasteiger partial charge in [0.2, 0.25) is 0 Å². The largest absolute Gasteiger partial charge is 0.491 e. The molecule has 0 bridgehead atoms. The van der Waals surface area contributed by atoms with Crippen LogP contribution in [0.25, 0.3) is 11.0 Å². The van der Waals surface area contributed by atoms with E-state index < -0.39 is 0 Å². The van der Waals surface area contributed by atoms with Crippen LogP contribution >= 0.6 is 0 Å². The predicted octanol–water partition coefficient (Wildman–Crippen LogP) is 5.09. The molecule has 0 saturated carbocycles. The third-order valence-corrected chi connectivity index (χ3v) is 5.58. The first-order chi connectivity index (χ1) is 15.6. The zero-order chi connectivity index (χ0) is 22.3. The molecule has 3 aromatic carbocycles. The molecule has 0 aliphatic heterocycles. The number of para-hydroxylation sites is 3. The molecule has 5 heteroatoms. The van der Waals surface area contributed by atoms with Gasteiger partial charge in [-0.2, -0.15) is 0 Å². The number of amides is 1. The van der Waals surface area contributed by atoms with Crippen LogP contribution in [0.15, 0.2) is 72.8 Å². The average molecular weight is 428 g/mol. The summed E-state index contributed by atoms with van der Waals surface area (Å²) in [4.78, 5) is 17.2. The smallest absolute Gasteiger partial charge is 0.251 e. The van der Waals surface area contributed by atoms with E-state index >= 15 is 0 Å². The Labute approximate surface area is 189 Å². The number of nitrogens with zero attached hydrogens (tertiary/aromatic N) is 2. The summed E-state index contributed by atoms with van der Waals surface area (Å²) in [5.41, 5.74) is 5.07. The van der Waals surface area contributed by atoms with Crippen molar-refractivity contribution >= 4 is 16.9 Å². The van der Waals surface area contributed by atoms with Crippen LogP contribution in [0, 0.1) is 13.8 Å². The summed E-state index contributed by atoms with van der Waals surface area (Å²) >= 11 is 0. The van der Waals surface area contributed by atoms with Gasteiger partial charge in [0.05, 0.1) is 17.6 Å². The highest BCUT2D eigenvalue weighted by molar-refractivity contribution is 5.94. The van der Waals surface area contributed by atoms with E-state index in [-0.39, 0.29) is 5.91 Å². The molecule has 0 aliphatic carbocycles.